The van der Waals surface area contributed by atoms with E-state index in [0.717, 1.165) is 17.1 Å². The molecule has 0 amide bonds. The minimum absolute atomic E-state index is 0.231. The Morgan fingerprint density at radius 1 is 1.50 bits per heavy atom. The summed E-state index contributed by atoms with van der Waals surface area (Å²) in [6, 6.07) is 3.98. The van der Waals surface area contributed by atoms with Gasteiger partial charge in [0.2, 0.25) is 0 Å². The summed E-state index contributed by atoms with van der Waals surface area (Å²) < 4.78 is 0. The molecular formula is C10H12Cl2N2. The largest absolute Gasteiger partial charge is 0.329 e. The molecular weight excluding hydrogens is 219 g/mol. The summed E-state index contributed by atoms with van der Waals surface area (Å²) in [5.74, 6) is 0. The highest BCUT2D eigenvalue weighted by molar-refractivity contribution is 6.35. The summed E-state index contributed by atoms with van der Waals surface area (Å²) in [6.45, 7) is 1.46. The number of fused-ring (bicyclic) bond motifs is 1. The Kier molecular flexibility index (Phi) is 2.71. The van der Waals surface area contributed by atoms with E-state index in [2.05, 4.69) is 4.90 Å². The number of hydrogen-bond donors (Lipinski definition) is 1. The van der Waals surface area contributed by atoms with E-state index in [1.54, 1.807) is 6.07 Å². The van der Waals surface area contributed by atoms with Crippen LogP contribution in [0, 0.1) is 0 Å². The van der Waals surface area contributed by atoms with Gasteiger partial charge in [-0.15, -0.1) is 0 Å². The third kappa shape index (κ3) is 1.52. The number of rotatable bonds is 1. The standard InChI is InChI=1S/C10H12Cl2N2/c1-14-5-6-2-7(11)3-8(12)10(6)9(14)4-13/h2-3,9H,4-5,13H2,1H3. The van der Waals surface area contributed by atoms with Crippen molar-refractivity contribution in [1.82, 2.24) is 4.90 Å². The number of halogens is 2. The summed E-state index contributed by atoms with van der Waals surface area (Å²) >= 11 is 12.1. The Bertz CT molecular complexity index is 365. The fraction of sp³-hybridized carbons (Fsp3) is 0.400. The highest BCUT2D eigenvalue weighted by Crippen LogP contribution is 2.38. The molecule has 1 aliphatic rings. The number of nitrogens with zero attached hydrogens (tertiary/aromatic N) is 1. The molecule has 1 unspecified atom stereocenters. The summed E-state index contributed by atoms with van der Waals surface area (Å²) in [5.41, 5.74) is 8.05. The van der Waals surface area contributed by atoms with Crippen LogP contribution >= 0.6 is 23.2 Å². The van der Waals surface area contributed by atoms with Crippen molar-refractivity contribution in [2.24, 2.45) is 5.73 Å². The molecule has 2 nitrogen and oxygen atoms in total. The first-order valence-corrected chi connectivity index (χ1v) is 5.27. The summed E-state index contributed by atoms with van der Waals surface area (Å²) in [4.78, 5) is 2.19. The predicted octanol–water partition coefficient (Wildman–Crippen LogP) is 2.44. The lowest BCUT2D eigenvalue weighted by Gasteiger charge is -2.18. The van der Waals surface area contributed by atoms with Crippen LogP contribution in [0.25, 0.3) is 0 Å². The molecule has 0 aromatic heterocycles. The molecule has 0 saturated heterocycles. The second kappa shape index (κ2) is 3.70. The maximum atomic E-state index is 6.15. The van der Waals surface area contributed by atoms with Gasteiger partial charge in [0.05, 0.1) is 0 Å². The first-order valence-electron chi connectivity index (χ1n) is 4.51. The predicted molar refractivity (Wildman–Crippen MR) is 59.7 cm³/mol. The lowest BCUT2D eigenvalue weighted by Crippen LogP contribution is -2.24. The molecule has 2 rings (SSSR count). The van der Waals surface area contributed by atoms with E-state index in [4.69, 9.17) is 28.9 Å². The normalized spacial score (nSPS) is 21.3. The maximum Gasteiger partial charge on any atom is 0.0488 e. The van der Waals surface area contributed by atoms with Gasteiger partial charge in [-0.3, -0.25) is 4.90 Å². The Labute approximate surface area is 93.6 Å². The first kappa shape index (κ1) is 10.2. The second-order valence-corrected chi connectivity index (χ2v) is 4.47. The fourth-order valence-electron chi connectivity index (χ4n) is 2.04. The Morgan fingerprint density at radius 3 is 2.86 bits per heavy atom. The minimum atomic E-state index is 0.231. The molecule has 0 spiro atoms. The van der Waals surface area contributed by atoms with E-state index in [-0.39, 0.29) is 6.04 Å². The lowest BCUT2D eigenvalue weighted by molar-refractivity contribution is 0.274. The van der Waals surface area contributed by atoms with Gasteiger partial charge in [-0.1, -0.05) is 23.2 Å². The highest BCUT2D eigenvalue weighted by atomic mass is 35.5. The molecule has 0 saturated carbocycles. The van der Waals surface area contributed by atoms with E-state index in [0.29, 0.717) is 11.6 Å². The van der Waals surface area contributed by atoms with Crippen LogP contribution in [0.1, 0.15) is 17.2 Å². The van der Waals surface area contributed by atoms with Crippen molar-refractivity contribution in [2.75, 3.05) is 13.6 Å². The van der Waals surface area contributed by atoms with Crippen LogP contribution in [-0.4, -0.2) is 18.5 Å². The number of benzene rings is 1. The van der Waals surface area contributed by atoms with Crippen LogP contribution < -0.4 is 5.73 Å². The van der Waals surface area contributed by atoms with Crippen molar-refractivity contribution >= 4 is 23.2 Å². The second-order valence-electron chi connectivity index (χ2n) is 3.63. The molecule has 1 heterocycles. The number of likely N-dealkylation sites (N-methyl/N-ethyl adjacent to an activating group) is 1. The molecule has 76 valence electrons. The van der Waals surface area contributed by atoms with Gasteiger partial charge in [0.25, 0.3) is 0 Å². The molecule has 1 aromatic rings. The van der Waals surface area contributed by atoms with Crippen molar-refractivity contribution in [3.8, 4) is 0 Å². The van der Waals surface area contributed by atoms with E-state index in [1.807, 2.05) is 13.1 Å². The summed E-state index contributed by atoms with van der Waals surface area (Å²) in [6.07, 6.45) is 0. The van der Waals surface area contributed by atoms with E-state index < -0.39 is 0 Å². The average Bonchev–Trinajstić information content (AvgIpc) is 2.40. The number of hydrogen-bond acceptors (Lipinski definition) is 2. The van der Waals surface area contributed by atoms with Gasteiger partial charge >= 0.3 is 0 Å². The van der Waals surface area contributed by atoms with Crippen LogP contribution in [0.4, 0.5) is 0 Å². The maximum absolute atomic E-state index is 6.15. The van der Waals surface area contributed by atoms with Gasteiger partial charge in [0.15, 0.2) is 0 Å². The molecule has 0 fully saturated rings. The van der Waals surface area contributed by atoms with Crippen LogP contribution in [-0.2, 0) is 6.54 Å². The van der Waals surface area contributed by atoms with Crippen molar-refractivity contribution in [3.63, 3.8) is 0 Å². The molecule has 0 radical (unpaired) electrons. The third-order valence-corrected chi connectivity index (χ3v) is 3.22. The summed E-state index contributed by atoms with van der Waals surface area (Å²) in [5, 5.41) is 1.42. The molecule has 14 heavy (non-hydrogen) atoms. The minimum Gasteiger partial charge on any atom is -0.329 e. The van der Waals surface area contributed by atoms with Crippen molar-refractivity contribution in [3.05, 3.63) is 33.3 Å². The van der Waals surface area contributed by atoms with Crippen molar-refractivity contribution < 1.29 is 0 Å². The van der Waals surface area contributed by atoms with E-state index >= 15 is 0 Å². The zero-order chi connectivity index (χ0) is 10.3. The van der Waals surface area contributed by atoms with Gasteiger partial charge in [0.1, 0.15) is 0 Å². The Balaban J connectivity index is 2.53. The van der Waals surface area contributed by atoms with Crippen LogP contribution in [0.15, 0.2) is 12.1 Å². The summed E-state index contributed by atoms with van der Waals surface area (Å²) in [7, 11) is 2.04. The van der Waals surface area contributed by atoms with Crippen LogP contribution in [0.3, 0.4) is 0 Å². The molecule has 1 aliphatic heterocycles. The van der Waals surface area contributed by atoms with Gasteiger partial charge in [-0.2, -0.15) is 0 Å². The Hall–Kier alpha value is -0.280. The molecule has 1 aromatic carbocycles. The van der Waals surface area contributed by atoms with E-state index in [9.17, 15) is 0 Å². The molecule has 4 heteroatoms. The van der Waals surface area contributed by atoms with Crippen molar-refractivity contribution in [1.29, 1.82) is 0 Å². The first-order chi connectivity index (χ1) is 6.63. The third-order valence-electron chi connectivity index (χ3n) is 2.69. The zero-order valence-corrected chi connectivity index (χ0v) is 9.44. The number of nitrogens with two attached hydrogens (primary N) is 1. The quantitative estimate of drug-likeness (QED) is 0.804. The van der Waals surface area contributed by atoms with Crippen LogP contribution in [0.2, 0.25) is 10.0 Å². The zero-order valence-electron chi connectivity index (χ0n) is 7.93. The fourth-order valence-corrected chi connectivity index (χ4v) is 2.70. The van der Waals surface area contributed by atoms with Gasteiger partial charge in [0, 0.05) is 29.2 Å². The van der Waals surface area contributed by atoms with Gasteiger partial charge < -0.3 is 5.73 Å². The van der Waals surface area contributed by atoms with E-state index in [1.165, 1.54) is 5.56 Å². The SMILES string of the molecule is CN1Cc2cc(Cl)cc(Cl)c2C1CN. The molecule has 2 N–H and O–H groups in total. The van der Waals surface area contributed by atoms with Crippen molar-refractivity contribution in [2.45, 2.75) is 12.6 Å². The van der Waals surface area contributed by atoms with Gasteiger partial charge in [-0.05, 0) is 30.3 Å². The van der Waals surface area contributed by atoms with Crippen LogP contribution in [0.5, 0.6) is 0 Å². The Morgan fingerprint density at radius 2 is 2.21 bits per heavy atom. The highest BCUT2D eigenvalue weighted by Gasteiger charge is 2.28. The topological polar surface area (TPSA) is 29.3 Å². The average molecular weight is 231 g/mol. The monoisotopic (exact) mass is 230 g/mol. The lowest BCUT2D eigenvalue weighted by atomic mass is 10.1. The molecule has 1 atom stereocenters. The molecule has 0 bridgehead atoms. The smallest absolute Gasteiger partial charge is 0.0488 e. The van der Waals surface area contributed by atoms with Gasteiger partial charge in [-0.25, -0.2) is 0 Å². The molecule has 0 aliphatic carbocycles.